The average molecular weight is 316 g/mol. The number of amides is 1. The number of carbonyl (C=O) groups excluding carboxylic acids is 1. The summed E-state index contributed by atoms with van der Waals surface area (Å²) in [6, 6.07) is 0.140. The molecule has 1 N–H and O–H groups in total. The summed E-state index contributed by atoms with van der Waals surface area (Å²) in [5.41, 5.74) is 0.401. The molecule has 2 aromatic rings. The fraction of sp³-hybridized carbons (Fsp3) is 0.625. The van der Waals surface area contributed by atoms with Crippen LogP contribution >= 0.6 is 0 Å². The number of rotatable bonds is 2. The molecule has 1 aliphatic rings. The van der Waals surface area contributed by atoms with E-state index in [1.165, 1.54) is 0 Å². The first-order chi connectivity index (χ1) is 10.9. The van der Waals surface area contributed by atoms with E-state index in [9.17, 15) is 4.79 Å². The number of piperidine rings is 1. The van der Waals surface area contributed by atoms with Crippen molar-refractivity contribution < 1.29 is 4.79 Å². The molecule has 0 bridgehead atoms. The van der Waals surface area contributed by atoms with E-state index in [-0.39, 0.29) is 17.4 Å². The molecule has 0 radical (unpaired) electrons. The third-order valence-electron chi connectivity index (χ3n) is 4.22. The van der Waals surface area contributed by atoms with Crippen LogP contribution in [-0.4, -0.2) is 44.6 Å². The Morgan fingerprint density at radius 2 is 2.13 bits per heavy atom. The topological polar surface area (TPSA) is 75.4 Å². The SMILES string of the molecule is Cc1nnc2c(N3CCCC(NC(=O)C(C)(C)C)C3)nccn12. The molecule has 1 aliphatic heterocycles. The Hall–Kier alpha value is -2.18. The lowest BCUT2D eigenvalue weighted by atomic mass is 9.94. The lowest BCUT2D eigenvalue weighted by molar-refractivity contribution is -0.129. The maximum Gasteiger partial charge on any atom is 0.225 e. The van der Waals surface area contributed by atoms with Crippen LogP contribution in [0.5, 0.6) is 0 Å². The highest BCUT2D eigenvalue weighted by Crippen LogP contribution is 2.22. The molecule has 23 heavy (non-hydrogen) atoms. The number of anilines is 1. The third-order valence-corrected chi connectivity index (χ3v) is 4.22. The van der Waals surface area contributed by atoms with Gasteiger partial charge in [-0.3, -0.25) is 9.20 Å². The van der Waals surface area contributed by atoms with Crippen LogP contribution in [-0.2, 0) is 4.79 Å². The predicted octanol–water partition coefficient (Wildman–Crippen LogP) is 1.56. The normalized spacial score (nSPS) is 19.1. The molecule has 3 heterocycles. The molecule has 7 nitrogen and oxygen atoms in total. The molecule has 124 valence electrons. The smallest absolute Gasteiger partial charge is 0.225 e. The Morgan fingerprint density at radius 3 is 2.87 bits per heavy atom. The van der Waals surface area contributed by atoms with E-state index in [0.717, 1.165) is 43.2 Å². The minimum absolute atomic E-state index is 0.0915. The summed E-state index contributed by atoms with van der Waals surface area (Å²) in [6.45, 7) is 9.39. The van der Waals surface area contributed by atoms with Crippen molar-refractivity contribution in [1.29, 1.82) is 0 Å². The van der Waals surface area contributed by atoms with Gasteiger partial charge in [-0.15, -0.1) is 10.2 Å². The van der Waals surface area contributed by atoms with E-state index in [2.05, 4.69) is 25.4 Å². The Balaban J connectivity index is 1.79. The standard InChI is InChI=1S/C16H24N6O/c1-11-19-20-14-13(17-7-9-22(11)14)21-8-5-6-12(10-21)18-15(23)16(2,3)4/h7,9,12H,5-6,8,10H2,1-4H3,(H,18,23). The van der Waals surface area contributed by atoms with Crippen molar-refractivity contribution in [3.8, 4) is 0 Å². The lowest BCUT2D eigenvalue weighted by Gasteiger charge is -2.35. The Morgan fingerprint density at radius 1 is 1.35 bits per heavy atom. The first-order valence-corrected chi connectivity index (χ1v) is 8.08. The van der Waals surface area contributed by atoms with Crippen LogP contribution in [0.2, 0.25) is 0 Å². The largest absolute Gasteiger partial charge is 0.351 e. The second-order valence-electron chi connectivity index (χ2n) is 7.20. The summed E-state index contributed by atoms with van der Waals surface area (Å²) in [5, 5.41) is 11.5. The minimum atomic E-state index is -0.370. The van der Waals surface area contributed by atoms with Gasteiger partial charge in [0.1, 0.15) is 5.82 Å². The molecule has 1 saturated heterocycles. The van der Waals surface area contributed by atoms with Crippen LogP contribution in [0.3, 0.4) is 0 Å². The molecule has 1 amide bonds. The quantitative estimate of drug-likeness (QED) is 0.910. The van der Waals surface area contributed by atoms with Gasteiger partial charge in [0.2, 0.25) is 11.6 Å². The van der Waals surface area contributed by atoms with E-state index in [4.69, 9.17) is 0 Å². The van der Waals surface area contributed by atoms with Gasteiger partial charge in [-0.2, -0.15) is 0 Å². The highest BCUT2D eigenvalue weighted by Gasteiger charge is 2.28. The summed E-state index contributed by atoms with van der Waals surface area (Å²) in [5.74, 6) is 1.77. The maximum atomic E-state index is 12.2. The molecule has 0 aromatic carbocycles. The molecule has 1 unspecified atom stereocenters. The first kappa shape index (κ1) is 15.7. The van der Waals surface area contributed by atoms with Crippen molar-refractivity contribution in [2.75, 3.05) is 18.0 Å². The van der Waals surface area contributed by atoms with E-state index in [1.54, 1.807) is 6.20 Å². The highest BCUT2D eigenvalue weighted by atomic mass is 16.2. The minimum Gasteiger partial charge on any atom is -0.351 e. The predicted molar refractivity (Wildman–Crippen MR) is 88.4 cm³/mol. The number of hydrogen-bond acceptors (Lipinski definition) is 5. The van der Waals surface area contributed by atoms with Crippen molar-refractivity contribution in [3.63, 3.8) is 0 Å². The first-order valence-electron chi connectivity index (χ1n) is 8.08. The van der Waals surface area contributed by atoms with Crippen molar-refractivity contribution in [2.45, 2.75) is 46.6 Å². The number of aryl methyl sites for hydroxylation is 1. The fourth-order valence-electron chi connectivity index (χ4n) is 2.84. The van der Waals surface area contributed by atoms with Gasteiger partial charge in [0.25, 0.3) is 0 Å². The molecular weight excluding hydrogens is 292 g/mol. The number of carbonyl (C=O) groups is 1. The Bertz CT molecular complexity index is 717. The number of hydrogen-bond donors (Lipinski definition) is 1. The van der Waals surface area contributed by atoms with Crippen LogP contribution in [0.4, 0.5) is 5.82 Å². The van der Waals surface area contributed by atoms with Gasteiger partial charge in [-0.1, -0.05) is 20.8 Å². The highest BCUT2D eigenvalue weighted by molar-refractivity contribution is 5.81. The number of nitrogens with zero attached hydrogens (tertiary/aromatic N) is 5. The second kappa shape index (κ2) is 5.79. The van der Waals surface area contributed by atoms with E-state index < -0.39 is 0 Å². The van der Waals surface area contributed by atoms with Gasteiger partial charge >= 0.3 is 0 Å². The van der Waals surface area contributed by atoms with Crippen LogP contribution in [0, 0.1) is 12.3 Å². The molecule has 3 rings (SSSR count). The van der Waals surface area contributed by atoms with Crippen LogP contribution in [0.15, 0.2) is 12.4 Å². The molecule has 1 atom stereocenters. The molecule has 0 aliphatic carbocycles. The molecular formula is C16H24N6O. The summed E-state index contributed by atoms with van der Waals surface area (Å²) in [4.78, 5) is 18.9. The van der Waals surface area contributed by atoms with Gasteiger partial charge in [0.15, 0.2) is 5.82 Å². The summed E-state index contributed by atoms with van der Waals surface area (Å²) < 4.78 is 1.94. The van der Waals surface area contributed by atoms with Crippen molar-refractivity contribution in [2.24, 2.45) is 5.41 Å². The average Bonchev–Trinajstić information content (AvgIpc) is 2.88. The number of fused-ring (bicyclic) bond motifs is 1. The van der Waals surface area contributed by atoms with Crippen molar-refractivity contribution in [1.82, 2.24) is 24.9 Å². The van der Waals surface area contributed by atoms with Crippen molar-refractivity contribution in [3.05, 3.63) is 18.2 Å². The van der Waals surface area contributed by atoms with Gasteiger partial charge < -0.3 is 10.2 Å². The van der Waals surface area contributed by atoms with Crippen LogP contribution in [0.25, 0.3) is 5.65 Å². The third kappa shape index (κ3) is 3.13. The summed E-state index contributed by atoms with van der Waals surface area (Å²) in [7, 11) is 0. The monoisotopic (exact) mass is 316 g/mol. The van der Waals surface area contributed by atoms with E-state index >= 15 is 0 Å². The second-order valence-corrected chi connectivity index (χ2v) is 7.20. The number of nitrogens with one attached hydrogen (secondary N) is 1. The zero-order valence-corrected chi connectivity index (χ0v) is 14.2. The van der Waals surface area contributed by atoms with Crippen LogP contribution in [0.1, 0.15) is 39.4 Å². The molecule has 7 heteroatoms. The van der Waals surface area contributed by atoms with Crippen molar-refractivity contribution >= 4 is 17.4 Å². The molecule has 2 aromatic heterocycles. The molecule has 0 saturated carbocycles. The zero-order valence-electron chi connectivity index (χ0n) is 14.2. The summed E-state index contributed by atoms with van der Waals surface area (Å²) in [6.07, 6.45) is 5.66. The summed E-state index contributed by atoms with van der Waals surface area (Å²) >= 11 is 0. The molecule has 0 spiro atoms. The number of aromatic nitrogens is 4. The Labute approximate surface area is 136 Å². The van der Waals surface area contributed by atoms with Gasteiger partial charge in [0.05, 0.1) is 0 Å². The molecule has 1 fully saturated rings. The van der Waals surface area contributed by atoms with Crippen LogP contribution < -0.4 is 10.2 Å². The Kier molecular flexibility index (Phi) is 3.95. The maximum absolute atomic E-state index is 12.2. The zero-order chi connectivity index (χ0) is 16.6. The van der Waals surface area contributed by atoms with Gasteiger partial charge in [-0.25, -0.2) is 4.98 Å². The fourth-order valence-corrected chi connectivity index (χ4v) is 2.84. The van der Waals surface area contributed by atoms with E-state index in [0.29, 0.717) is 0 Å². The van der Waals surface area contributed by atoms with Gasteiger partial charge in [-0.05, 0) is 19.8 Å². The van der Waals surface area contributed by atoms with Gasteiger partial charge in [0, 0.05) is 36.9 Å². The van der Waals surface area contributed by atoms with E-state index in [1.807, 2.05) is 38.3 Å². The lowest BCUT2D eigenvalue weighted by Crippen LogP contribution is -2.50.